The molecule has 1 aliphatic rings. The summed E-state index contributed by atoms with van der Waals surface area (Å²) in [6.45, 7) is 5.96. The molecule has 1 aliphatic heterocycles. The molecule has 2 atom stereocenters. The van der Waals surface area contributed by atoms with Gasteiger partial charge in [0.05, 0.1) is 47.6 Å². The third-order valence-corrected chi connectivity index (χ3v) is 6.29. The zero-order chi connectivity index (χ0) is 28.5. The van der Waals surface area contributed by atoms with Crippen molar-refractivity contribution in [2.75, 3.05) is 26.9 Å². The number of hydrazone groups is 1. The van der Waals surface area contributed by atoms with Gasteiger partial charge in [-0.1, -0.05) is 17.7 Å². The van der Waals surface area contributed by atoms with Crippen molar-refractivity contribution in [3.05, 3.63) is 62.2 Å². The highest BCUT2D eigenvalue weighted by molar-refractivity contribution is 9.10. The third-order valence-electron chi connectivity index (χ3n) is 5.42. The number of methoxy groups -OCH3 is 1. The van der Waals surface area contributed by atoms with Crippen molar-refractivity contribution in [3.8, 4) is 17.2 Å². The summed E-state index contributed by atoms with van der Waals surface area (Å²) in [5.74, 6) is 0.699. The highest BCUT2D eigenvalue weighted by Crippen LogP contribution is 2.35. The number of halogens is 2. The van der Waals surface area contributed by atoms with Gasteiger partial charge in [-0.05, 0) is 72.1 Å². The fourth-order valence-corrected chi connectivity index (χ4v) is 4.75. The number of allylic oxidation sites excluding steroid dienone is 1. The van der Waals surface area contributed by atoms with Gasteiger partial charge in [-0.2, -0.15) is 5.10 Å². The molecule has 0 bridgehead atoms. The van der Waals surface area contributed by atoms with Crippen molar-refractivity contribution >= 4 is 45.7 Å². The first-order chi connectivity index (χ1) is 18.7. The van der Waals surface area contributed by atoms with E-state index in [2.05, 4.69) is 37.1 Å². The van der Waals surface area contributed by atoms with Crippen LogP contribution in [0.5, 0.6) is 17.2 Å². The van der Waals surface area contributed by atoms with Crippen molar-refractivity contribution in [2.45, 2.75) is 33.0 Å². The van der Waals surface area contributed by atoms with E-state index >= 15 is 0 Å². The number of carbonyl (C=O) groups excluding carboxylic acids is 2. The van der Waals surface area contributed by atoms with Crippen LogP contribution in [0.1, 0.15) is 37.9 Å². The second-order valence-electron chi connectivity index (χ2n) is 8.16. The Kier molecular flexibility index (Phi) is 10.8. The summed E-state index contributed by atoms with van der Waals surface area (Å²) in [6, 6.07) is 7.26. The predicted octanol–water partition coefficient (Wildman–Crippen LogP) is 4.02. The zero-order valence-electron chi connectivity index (χ0n) is 21.8. The van der Waals surface area contributed by atoms with Crippen molar-refractivity contribution in [1.82, 2.24) is 16.1 Å². The Hall–Kier alpha value is -3.48. The summed E-state index contributed by atoms with van der Waals surface area (Å²) < 4.78 is 22.5. The van der Waals surface area contributed by atoms with Gasteiger partial charge >= 0.3 is 12.0 Å². The monoisotopic (exact) mass is 624 g/mol. The molecular formula is C26H30BrClN4O7. The Morgan fingerprint density at radius 1 is 1.21 bits per heavy atom. The normalized spacial score (nSPS) is 15.9. The molecule has 13 heteroatoms. The lowest BCUT2D eigenvalue weighted by Gasteiger charge is -2.28. The Balaban J connectivity index is 1.69. The van der Waals surface area contributed by atoms with Crippen LogP contribution >= 0.6 is 27.5 Å². The van der Waals surface area contributed by atoms with Gasteiger partial charge < -0.3 is 34.7 Å². The SMILES string of the molecule is CCOc1cc([C@H]2NC(=O)NC(C)=C2C(=O)OC)ccc1OC[C@H](O)N/N=C\c1cc(Cl)c(OCC)c(Br)c1. The minimum atomic E-state index is -1.14. The number of ether oxygens (including phenoxy) is 4. The molecule has 2 aromatic carbocycles. The number of nitrogens with zero attached hydrogens (tertiary/aromatic N) is 1. The van der Waals surface area contributed by atoms with Crippen LogP contribution in [0, 0.1) is 0 Å². The van der Waals surface area contributed by atoms with E-state index in [1.54, 1.807) is 37.3 Å². The van der Waals surface area contributed by atoms with Gasteiger partial charge in [0.25, 0.3) is 0 Å². The highest BCUT2D eigenvalue weighted by atomic mass is 79.9. The minimum absolute atomic E-state index is 0.152. The maximum atomic E-state index is 12.4. The minimum Gasteiger partial charge on any atom is -0.491 e. The van der Waals surface area contributed by atoms with Crippen molar-refractivity contribution in [1.29, 1.82) is 0 Å². The molecule has 2 aromatic rings. The molecule has 2 amide bonds. The van der Waals surface area contributed by atoms with E-state index in [-0.39, 0.29) is 12.2 Å². The molecule has 1 heterocycles. The number of nitrogens with one attached hydrogen (secondary N) is 3. The molecule has 0 aromatic heterocycles. The molecule has 210 valence electrons. The molecule has 39 heavy (non-hydrogen) atoms. The van der Waals surface area contributed by atoms with E-state index in [4.69, 9.17) is 30.5 Å². The van der Waals surface area contributed by atoms with Gasteiger partial charge in [0.15, 0.2) is 23.5 Å². The van der Waals surface area contributed by atoms with Crippen LogP contribution in [0.15, 0.2) is 51.2 Å². The van der Waals surface area contributed by atoms with Crippen LogP contribution in [-0.4, -0.2) is 56.5 Å². The molecular weight excluding hydrogens is 596 g/mol. The van der Waals surface area contributed by atoms with E-state index in [0.717, 1.165) is 0 Å². The molecule has 4 N–H and O–H groups in total. The van der Waals surface area contributed by atoms with Crippen LogP contribution in [0.3, 0.4) is 0 Å². The molecule has 0 unspecified atom stereocenters. The van der Waals surface area contributed by atoms with E-state index in [9.17, 15) is 14.7 Å². The summed E-state index contributed by atoms with van der Waals surface area (Å²) in [6.07, 6.45) is 0.356. The largest absolute Gasteiger partial charge is 0.491 e. The van der Waals surface area contributed by atoms with Crippen LogP contribution in [0.2, 0.25) is 5.02 Å². The molecule has 0 spiro atoms. The van der Waals surface area contributed by atoms with Crippen LogP contribution in [-0.2, 0) is 9.53 Å². The summed E-state index contributed by atoms with van der Waals surface area (Å²) in [5.41, 5.74) is 4.52. The number of aliphatic hydroxyl groups is 1. The van der Waals surface area contributed by atoms with Gasteiger partial charge in [-0.3, -0.25) is 5.43 Å². The van der Waals surface area contributed by atoms with Crippen molar-refractivity contribution in [3.63, 3.8) is 0 Å². The Morgan fingerprint density at radius 3 is 2.62 bits per heavy atom. The number of benzene rings is 2. The molecule has 0 saturated heterocycles. The predicted molar refractivity (Wildman–Crippen MR) is 149 cm³/mol. The topological polar surface area (TPSA) is 140 Å². The van der Waals surface area contributed by atoms with Gasteiger partial charge in [0.1, 0.15) is 6.61 Å². The summed E-state index contributed by atoms with van der Waals surface area (Å²) in [5, 5.41) is 20.1. The third kappa shape index (κ3) is 7.78. The Bertz CT molecular complexity index is 1250. The van der Waals surface area contributed by atoms with E-state index in [0.29, 0.717) is 56.8 Å². The number of rotatable bonds is 12. The lowest BCUT2D eigenvalue weighted by molar-refractivity contribution is -0.136. The van der Waals surface area contributed by atoms with E-state index in [1.165, 1.54) is 13.3 Å². The molecule has 3 rings (SSSR count). The number of hydrogen-bond donors (Lipinski definition) is 4. The van der Waals surface area contributed by atoms with Gasteiger partial charge in [0, 0.05) is 5.70 Å². The fourth-order valence-electron chi connectivity index (χ4n) is 3.76. The standard InChI is InChI=1S/C26H30BrClN4O7/c1-5-37-20-11-16(23-22(25(34)36-4)14(3)30-26(35)31-23)7-8-19(20)39-13-21(33)32-29-12-15-9-17(27)24(38-6-2)18(28)10-15/h7-12,21,23,32-33H,5-6,13H2,1-4H3,(H2,30,31,35)/b29-12-/t21-,23+/m0/s1. The molecule has 0 radical (unpaired) electrons. The second kappa shape index (κ2) is 14.1. The average Bonchev–Trinajstić information content (AvgIpc) is 2.89. The number of aliphatic hydroxyl groups excluding tert-OH is 1. The lowest BCUT2D eigenvalue weighted by atomic mass is 9.95. The Morgan fingerprint density at radius 2 is 1.95 bits per heavy atom. The molecule has 0 saturated carbocycles. The molecule has 0 aliphatic carbocycles. The number of amides is 2. The molecule has 0 fully saturated rings. The maximum absolute atomic E-state index is 12.4. The Labute approximate surface area is 239 Å². The van der Waals surface area contributed by atoms with Gasteiger partial charge in [-0.15, -0.1) is 0 Å². The van der Waals surface area contributed by atoms with Crippen molar-refractivity contribution < 1.29 is 33.6 Å². The van der Waals surface area contributed by atoms with Crippen LogP contribution < -0.4 is 30.3 Å². The highest BCUT2D eigenvalue weighted by Gasteiger charge is 2.32. The number of hydrogen-bond acceptors (Lipinski definition) is 9. The summed E-state index contributed by atoms with van der Waals surface area (Å²) >= 11 is 9.67. The first-order valence-corrected chi connectivity index (χ1v) is 13.2. The lowest BCUT2D eigenvalue weighted by Crippen LogP contribution is -2.45. The smallest absolute Gasteiger partial charge is 0.337 e. The van der Waals surface area contributed by atoms with Crippen LogP contribution in [0.25, 0.3) is 0 Å². The zero-order valence-corrected chi connectivity index (χ0v) is 24.2. The maximum Gasteiger partial charge on any atom is 0.337 e. The van der Waals surface area contributed by atoms with Gasteiger partial charge in [0.2, 0.25) is 0 Å². The summed E-state index contributed by atoms with van der Waals surface area (Å²) in [4.78, 5) is 24.5. The second-order valence-corrected chi connectivity index (χ2v) is 9.42. The number of carbonyl (C=O) groups is 2. The quantitative estimate of drug-likeness (QED) is 0.120. The first kappa shape index (κ1) is 30.1. The molecule has 11 nitrogen and oxygen atoms in total. The number of esters is 1. The van der Waals surface area contributed by atoms with Crippen LogP contribution in [0.4, 0.5) is 4.79 Å². The van der Waals surface area contributed by atoms with Crippen molar-refractivity contribution in [2.24, 2.45) is 5.10 Å². The number of urea groups is 1. The summed E-state index contributed by atoms with van der Waals surface area (Å²) in [7, 11) is 1.27. The first-order valence-electron chi connectivity index (χ1n) is 12.0. The van der Waals surface area contributed by atoms with E-state index in [1.807, 2.05) is 13.8 Å². The fraction of sp³-hybridized carbons (Fsp3) is 0.346. The van der Waals surface area contributed by atoms with E-state index < -0.39 is 24.3 Å². The van der Waals surface area contributed by atoms with Gasteiger partial charge in [-0.25, -0.2) is 9.59 Å². The average molecular weight is 626 g/mol.